The number of carbonyl (C=O) groups excluding carboxylic acids is 1. The molecule has 0 saturated carbocycles. The van der Waals surface area contributed by atoms with Gasteiger partial charge in [-0.2, -0.15) is 0 Å². The second-order valence-electron chi connectivity index (χ2n) is 7.03. The standard InChI is InChI=1S/C21H24N4O2/c1-4-7-14-8-6-9-16(10-14)24-20(26)17-13(3)27-21-18(17)19-23-15(5-2)11-25(19)12-22-21/h6,8-10,12,15H,4-5,7,11H2,1-3H3,(H,24,26). The zero-order valence-corrected chi connectivity index (χ0v) is 16.0. The Morgan fingerprint density at radius 3 is 3.00 bits per heavy atom. The van der Waals surface area contributed by atoms with Crippen LogP contribution in [0.15, 0.2) is 38.7 Å². The van der Waals surface area contributed by atoms with E-state index in [1.807, 2.05) is 23.1 Å². The number of aliphatic imine (C=N–C) groups is 2. The fourth-order valence-corrected chi connectivity index (χ4v) is 3.64. The minimum atomic E-state index is -0.189. The van der Waals surface area contributed by atoms with Gasteiger partial charge in [-0.25, -0.2) is 4.99 Å². The molecule has 1 aromatic carbocycles. The number of amidine groups is 1. The van der Waals surface area contributed by atoms with Gasteiger partial charge in [0.1, 0.15) is 17.9 Å². The third-order valence-electron chi connectivity index (χ3n) is 5.01. The summed E-state index contributed by atoms with van der Waals surface area (Å²) in [5.74, 6) is 1.62. The molecule has 1 aromatic heterocycles. The predicted molar refractivity (Wildman–Crippen MR) is 107 cm³/mol. The molecule has 6 nitrogen and oxygen atoms in total. The molecule has 2 aliphatic heterocycles. The van der Waals surface area contributed by atoms with E-state index in [2.05, 4.69) is 30.2 Å². The SMILES string of the molecule is CCCc1cccc(NC(=O)c2c(C)oc3c2C2=NC(CC)CN2C=N3)c1. The molecule has 6 heteroatoms. The highest BCUT2D eigenvalue weighted by molar-refractivity contribution is 6.19. The first-order chi connectivity index (χ1) is 13.1. The molecule has 3 heterocycles. The van der Waals surface area contributed by atoms with Crippen LogP contribution in [0.5, 0.6) is 0 Å². The van der Waals surface area contributed by atoms with Gasteiger partial charge in [-0.15, -0.1) is 0 Å². The van der Waals surface area contributed by atoms with Crippen LogP contribution in [0.3, 0.4) is 0 Å². The quantitative estimate of drug-likeness (QED) is 0.859. The zero-order valence-electron chi connectivity index (χ0n) is 16.0. The molecule has 0 radical (unpaired) electrons. The molecular formula is C21H24N4O2. The Hall–Kier alpha value is -2.89. The second-order valence-corrected chi connectivity index (χ2v) is 7.03. The van der Waals surface area contributed by atoms with Crippen molar-refractivity contribution in [3.63, 3.8) is 0 Å². The highest BCUT2D eigenvalue weighted by Gasteiger charge is 2.35. The van der Waals surface area contributed by atoms with Gasteiger partial charge >= 0.3 is 0 Å². The molecule has 1 N–H and O–H groups in total. The summed E-state index contributed by atoms with van der Waals surface area (Å²) < 4.78 is 5.77. The molecule has 2 aliphatic rings. The number of amides is 1. The van der Waals surface area contributed by atoms with Gasteiger partial charge in [-0.05, 0) is 37.5 Å². The van der Waals surface area contributed by atoms with Gasteiger partial charge in [0.15, 0.2) is 0 Å². The summed E-state index contributed by atoms with van der Waals surface area (Å²) >= 11 is 0. The number of hydrogen-bond acceptors (Lipinski definition) is 5. The average Bonchev–Trinajstić information content (AvgIpc) is 3.21. The van der Waals surface area contributed by atoms with Crippen LogP contribution in [0.1, 0.15) is 53.9 Å². The van der Waals surface area contributed by atoms with Crippen molar-refractivity contribution in [1.29, 1.82) is 0 Å². The number of hydrogen-bond donors (Lipinski definition) is 1. The van der Waals surface area contributed by atoms with E-state index in [1.165, 1.54) is 5.56 Å². The lowest BCUT2D eigenvalue weighted by molar-refractivity contribution is 0.102. The number of nitrogens with zero attached hydrogens (tertiary/aromatic N) is 3. The lowest BCUT2D eigenvalue weighted by atomic mass is 10.1. The van der Waals surface area contributed by atoms with Crippen molar-refractivity contribution >= 4 is 29.7 Å². The number of nitrogens with one attached hydrogen (secondary N) is 1. The Labute approximate surface area is 159 Å². The topological polar surface area (TPSA) is 70.2 Å². The third-order valence-corrected chi connectivity index (χ3v) is 5.01. The molecular weight excluding hydrogens is 340 g/mol. The van der Waals surface area contributed by atoms with E-state index in [0.29, 0.717) is 22.8 Å². The van der Waals surface area contributed by atoms with Gasteiger partial charge < -0.3 is 14.6 Å². The van der Waals surface area contributed by atoms with Crippen molar-refractivity contribution < 1.29 is 9.21 Å². The van der Waals surface area contributed by atoms with Crippen LogP contribution in [0.2, 0.25) is 0 Å². The largest absolute Gasteiger partial charge is 0.442 e. The van der Waals surface area contributed by atoms with Gasteiger partial charge in [0.2, 0.25) is 5.88 Å². The van der Waals surface area contributed by atoms with Crippen LogP contribution in [-0.4, -0.2) is 35.6 Å². The van der Waals surface area contributed by atoms with Gasteiger partial charge in [0.05, 0.1) is 17.2 Å². The summed E-state index contributed by atoms with van der Waals surface area (Å²) in [7, 11) is 0. The maximum Gasteiger partial charge on any atom is 0.260 e. The number of carbonyl (C=O) groups is 1. The molecule has 0 aliphatic carbocycles. The molecule has 140 valence electrons. The smallest absolute Gasteiger partial charge is 0.260 e. The van der Waals surface area contributed by atoms with Crippen LogP contribution in [0.25, 0.3) is 0 Å². The first-order valence-electron chi connectivity index (χ1n) is 9.53. The van der Waals surface area contributed by atoms with Gasteiger partial charge in [0, 0.05) is 12.2 Å². The summed E-state index contributed by atoms with van der Waals surface area (Å²) in [6.45, 7) is 6.85. The highest BCUT2D eigenvalue weighted by Crippen LogP contribution is 2.35. The fourth-order valence-electron chi connectivity index (χ4n) is 3.64. The van der Waals surface area contributed by atoms with Gasteiger partial charge in [-0.3, -0.25) is 9.79 Å². The van der Waals surface area contributed by atoms with Crippen LogP contribution in [0.4, 0.5) is 11.6 Å². The van der Waals surface area contributed by atoms with Crippen molar-refractivity contribution in [3.05, 3.63) is 46.7 Å². The molecule has 2 aromatic rings. The van der Waals surface area contributed by atoms with E-state index in [0.717, 1.165) is 37.3 Å². The third kappa shape index (κ3) is 3.16. The molecule has 1 amide bonds. The fraction of sp³-hybridized carbons (Fsp3) is 0.381. The van der Waals surface area contributed by atoms with E-state index in [-0.39, 0.29) is 11.9 Å². The second kappa shape index (κ2) is 7.02. The Balaban J connectivity index is 1.67. The van der Waals surface area contributed by atoms with E-state index in [1.54, 1.807) is 13.3 Å². The molecule has 0 fully saturated rings. The molecule has 0 saturated heterocycles. The molecule has 27 heavy (non-hydrogen) atoms. The van der Waals surface area contributed by atoms with E-state index >= 15 is 0 Å². The number of rotatable bonds is 5. The van der Waals surface area contributed by atoms with Crippen LogP contribution in [0, 0.1) is 6.92 Å². The monoisotopic (exact) mass is 364 g/mol. The maximum absolute atomic E-state index is 13.1. The lowest BCUT2D eigenvalue weighted by Gasteiger charge is -2.18. The molecule has 4 rings (SSSR count). The molecule has 0 bridgehead atoms. The number of aryl methyl sites for hydroxylation is 2. The highest BCUT2D eigenvalue weighted by atomic mass is 16.4. The van der Waals surface area contributed by atoms with E-state index in [9.17, 15) is 4.79 Å². The average molecular weight is 364 g/mol. The summed E-state index contributed by atoms with van der Waals surface area (Å²) in [5.41, 5.74) is 3.22. The van der Waals surface area contributed by atoms with Crippen molar-refractivity contribution in [1.82, 2.24) is 4.90 Å². The number of fused-ring (bicyclic) bond motifs is 3. The molecule has 0 spiro atoms. The number of benzene rings is 1. The number of furan rings is 1. The summed E-state index contributed by atoms with van der Waals surface area (Å²) in [6, 6.07) is 8.19. The Kier molecular flexibility index (Phi) is 4.56. The van der Waals surface area contributed by atoms with Gasteiger partial charge in [-0.1, -0.05) is 32.4 Å². The van der Waals surface area contributed by atoms with Crippen LogP contribution < -0.4 is 5.32 Å². The first kappa shape index (κ1) is 17.5. The van der Waals surface area contributed by atoms with Crippen molar-refractivity contribution in [2.24, 2.45) is 9.98 Å². The first-order valence-corrected chi connectivity index (χ1v) is 9.53. The van der Waals surface area contributed by atoms with Gasteiger partial charge in [0.25, 0.3) is 5.91 Å². The zero-order chi connectivity index (χ0) is 19.0. The van der Waals surface area contributed by atoms with Crippen LogP contribution in [-0.2, 0) is 6.42 Å². The normalized spacial score (nSPS) is 17.5. The number of anilines is 1. The summed E-state index contributed by atoms with van der Waals surface area (Å²) in [6.07, 6.45) is 4.75. The molecule has 1 atom stereocenters. The van der Waals surface area contributed by atoms with Crippen molar-refractivity contribution in [2.75, 3.05) is 11.9 Å². The minimum Gasteiger partial charge on any atom is -0.442 e. The predicted octanol–water partition coefficient (Wildman–Crippen LogP) is 4.31. The Morgan fingerprint density at radius 1 is 1.37 bits per heavy atom. The van der Waals surface area contributed by atoms with Crippen molar-refractivity contribution in [2.45, 2.75) is 46.1 Å². The van der Waals surface area contributed by atoms with Crippen LogP contribution >= 0.6 is 0 Å². The Morgan fingerprint density at radius 2 is 2.22 bits per heavy atom. The van der Waals surface area contributed by atoms with Crippen molar-refractivity contribution in [3.8, 4) is 0 Å². The van der Waals surface area contributed by atoms with E-state index in [4.69, 9.17) is 9.41 Å². The summed E-state index contributed by atoms with van der Waals surface area (Å²) in [5, 5.41) is 3.01. The Bertz CT molecular complexity index is 942. The van der Waals surface area contributed by atoms with E-state index < -0.39 is 0 Å². The summed E-state index contributed by atoms with van der Waals surface area (Å²) in [4.78, 5) is 24.3. The minimum absolute atomic E-state index is 0.189. The lowest BCUT2D eigenvalue weighted by Crippen LogP contribution is -2.31. The molecule has 1 unspecified atom stereocenters. The maximum atomic E-state index is 13.1.